The first-order valence-corrected chi connectivity index (χ1v) is 9.08. The van der Waals surface area contributed by atoms with Crippen molar-refractivity contribution in [2.24, 2.45) is 11.1 Å². The van der Waals surface area contributed by atoms with Gasteiger partial charge < -0.3 is 20.6 Å². The van der Waals surface area contributed by atoms with Crippen LogP contribution in [0.2, 0.25) is 0 Å². The van der Waals surface area contributed by atoms with Gasteiger partial charge in [0.15, 0.2) is 6.10 Å². The normalized spacial score (nSPS) is 20.6. The first-order chi connectivity index (χ1) is 12.8. The quantitative estimate of drug-likeness (QED) is 0.801. The van der Waals surface area contributed by atoms with Gasteiger partial charge >= 0.3 is 0 Å². The van der Waals surface area contributed by atoms with Gasteiger partial charge in [-0.25, -0.2) is 4.39 Å². The summed E-state index contributed by atoms with van der Waals surface area (Å²) in [5.74, 6) is -1.43. The number of nitrogens with zero attached hydrogens (tertiary/aromatic N) is 2. The van der Waals surface area contributed by atoms with Gasteiger partial charge in [0.1, 0.15) is 5.82 Å². The molecule has 1 atom stereocenters. The average Bonchev–Trinajstić information content (AvgIpc) is 2.65. The Balaban J connectivity index is 1.61. The fourth-order valence-corrected chi connectivity index (χ4v) is 4.00. The van der Waals surface area contributed by atoms with Crippen molar-refractivity contribution in [1.82, 2.24) is 9.80 Å². The van der Waals surface area contributed by atoms with Crippen molar-refractivity contribution in [3.8, 4) is 0 Å². The molecule has 146 valence electrons. The van der Waals surface area contributed by atoms with Crippen molar-refractivity contribution < 1.29 is 23.9 Å². The Morgan fingerprint density at radius 3 is 2.41 bits per heavy atom. The number of halogens is 1. The number of benzene rings is 1. The van der Waals surface area contributed by atoms with Crippen molar-refractivity contribution in [3.63, 3.8) is 0 Å². The molecule has 0 radical (unpaired) electrons. The molecule has 3 amide bonds. The van der Waals surface area contributed by atoms with E-state index >= 15 is 0 Å². The predicted molar refractivity (Wildman–Crippen MR) is 94.6 cm³/mol. The van der Waals surface area contributed by atoms with E-state index in [0.717, 1.165) is 6.42 Å². The van der Waals surface area contributed by atoms with Crippen LogP contribution in [0.4, 0.5) is 4.39 Å². The molecule has 7 nitrogen and oxygen atoms in total. The molecule has 2 fully saturated rings. The summed E-state index contributed by atoms with van der Waals surface area (Å²) in [6.07, 6.45) is 1.16. The topological polar surface area (TPSA) is 104 Å². The molecule has 1 aromatic carbocycles. The monoisotopic (exact) mass is 377 g/mol. The van der Waals surface area contributed by atoms with E-state index in [9.17, 15) is 23.9 Å². The van der Waals surface area contributed by atoms with Gasteiger partial charge in [-0.15, -0.1) is 0 Å². The highest BCUT2D eigenvalue weighted by Crippen LogP contribution is 2.40. The number of aliphatic hydroxyl groups excluding tert-OH is 1. The van der Waals surface area contributed by atoms with Crippen molar-refractivity contribution >= 4 is 17.7 Å². The maximum absolute atomic E-state index is 13.0. The maximum Gasteiger partial charge on any atom is 0.256 e. The van der Waals surface area contributed by atoms with Gasteiger partial charge in [0.05, 0.1) is 6.54 Å². The number of hydrogen-bond donors (Lipinski definition) is 2. The molecule has 2 aliphatic heterocycles. The second kappa shape index (κ2) is 7.64. The highest BCUT2D eigenvalue weighted by molar-refractivity contribution is 5.84. The van der Waals surface area contributed by atoms with E-state index in [0.29, 0.717) is 44.5 Å². The summed E-state index contributed by atoms with van der Waals surface area (Å²) in [6, 6.07) is 5.22. The molecule has 0 aromatic heterocycles. The Hall–Kier alpha value is -2.48. The van der Waals surface area contributed by atoms with Crippen LogP contribution in [0, 0.1) is 11.2 Å². The highest BCUT2D eigenvalue weighted by atomic mass is 19.1. The van der Waals surface area contributed by atoms with Crippen LogP contribution >= 0.6 is 0 Å². The lowest BCUT2D eigenvalue weighted by molar-refractivity contribution is -0.148. The van der Waals surface area contributed by atoms with Crippen LogP contribution in [0.1, 0.15) is 37.4 Å². The van der Waals surface area contributed by atoms with Crippen LogP contribution in [0.25, 0.3) is 0 Å². The summed E-state index contributed by atoms with van der Waals surface area (Å²) < 4.78 is 13.0. The second-order valence-electron chi connectivity index (χ2n) is 7.50. The summed E-state index contributed by atoms with van der Waals surface area (Å²) in [4.78, 5) is 38.9. The zero-order valence-electron chi connectivity index (χ0n) is 15.1. The molecule has 0 unspecified atom stereocenters. The number of likely N-dealkylation sites (tertiary alicyclic amines) is 2. The van der Waals surface area contributed by atoms with Crippen molar-refractivity contribution in [2.75, 3.05) is 26.2 Å². The molecule has 1 spiro atoms. The van der Waals surface area contributed by atoms with Crippen molar-refractivity contribution in [3.05, 3.63) is 35.6 Å². The van der Waals surface area contributed by atoms with E-state index in [-0.39, 0.29) is 17.9 Å². The van der Waals surface area contributed by atoms with Gasteiger partial charge in [0.2, 0.25) is 11.8 Å². The molecular formula is C19H24FN3O4. The van der Waals surface area contributed by atoms with Gasteiger partial charge in [0, 0.05) is 26.1 Å². The SMILES string of the molecule is NC(=O)CN1CC2(CCC1=O)CCN(C(=O)[C@H](O)c1ccc(F)cc1)CC2. The smallest absolute Gasteiger partial charge is 0.256 e. The molecule has 1 aromatic rings. The zero-order chi connectivity index (χ0) is 19.6. The Labute approximate surface area is 156 Å². The summed E-state index contributed by atoms with van der Waals surface area (Å²) in [7, 11) is 0. The number of carbonyl (C=O) groups is 3. The van der Waals surface area contributed by atoms with E-state index < -0.39 is 23.7 Å². The molecule has 3 N–H and O–H groups in total. The number of primary amides is 1. The third-order valence-corrected chi connectivity index (χ3v) is 5.65. The minimum absolute atomic E-state index is 0.0651. The van der Waals surface area contributed by atoms with Crippen LogP contribution < -0.4 is 5.73 Å². The molecule has 2 aliphatic rings. The molecule has 0 bridgehead atoms. The van der Waals surface area contributed by atoms with Gasteiger partial charge in [-0.3, -0.25) is 14.4 Å². The second-order valence-corrected chi connectivity index (χ2v) is 7.50. The van der Waals surface area contributed by atoms with E-state index in [4.69, 9.17) is 5.73 Å². The first-order valence-electron chi connectivity index (χ1n) is 9.08. The van der Waals surface area contributed by atoms with Gasteiger partial charge in [-0.2, -0.15) is 0 Å². The lowest BCUT2D eigenvalue weighted by Gasteiger charge is -2.47. The van der Waals surface area contributed by atoms with Crippen LogP contribution in [0.15, 0.2) is 24.3 Å². The molecule has 27 heavy (non-hydrogen) atoms. The molecule has 2 saturated heterocycles. The number of piperidine rings is 2. The number of amides is 3. The summed E-state index contributed by atoms with van der Waals surface area (Å²) in [5.41, 5.74) is 5.46. The third-order valence-electron chi connectivity index (χ3n) is 5.65. The lowest BCUT2D eigenvalue weighted by atomic mass is 9.72. The van der Waals surface area contributed by atoms with E-state index in [1.54, 1.807) is 4.90 Å². The summed E-state index contributed by atoms with van der Waals surface area (Å²) in [6.45, 7) is 1.33. The summed E-state index contributed by atoms with van der Waals surface area (Å²) >= 11 is 0. The first kappa shape index (κ1) is 19.3. The van der Waals surface area contributed by atoms with E-state index in [2.05, 4.69) is 0 Å². The fourth-order valence-electron chi connectivity index (χ4n) is 4.00. The van der Waals surface area contributed by atoms with Crippen LogP contribution in [0.5, 0.6) is 0 Å². The Morgan fingerprint density at radius 2 is 1.81 bits per heavy atom. The average molecular weight is 377 g/mol. The maximum atomic E-state index is 13.0. The largest absolute Gasteiger partial charge is 0.378 e. The molecule has 0 aliphatic carbocycles. The minimum Gasteiger partial charge on any atom is -0.378 e. The van der Waals surface area contributed by atoms with Gasteiger partial charge in [-0.1, -0.05) is 12.1 Å². The fraction of sp³-hybridized carbons (Fsp3) is 0.526. The minimum atomic E-state index is -1.32. The number of carbonyl (C=O) groups excluding carboxylic acids is 3. The Bertz CT molecular complexity index is 729. The van der Waals surface area contributed by atoms with Crippen LogP contribution in [-0.2, 0) is 14.4 Å². The molecule has 8 heteroatoms. The van der Waals surface area contributed by atoms with Crippen molar-refractivity contribution in [1.29, 1.82) is 0 Å². The zero-order valence-corrected chi connectivity index (χ0v) is 15.1. The number of aliphatic hydroxyl groups is 1. The van der Waals surface area contributed by atoms with Gasteiger partial charge in [-0.05, 0) is 42.4 Å². The Kier molecular flexibility index (Phi) is 5.46. The predicted octanol–water partition coefficient (Wildman–Crippen LogP) is 0.576. The van der Waals surface area contributed by atoms with Gasteiger partial charge in [0.25, 0.3) is 5.91 Å². The van der Waals surface area contributed by atoms with E-state index in [1.165, 1.54) is 29.2 Å². The van der Waals surface area contributed by atoms with Crippen molar-refractivity contribution in [2.45, 2.75) is 31.8 Å². The molecular weight excluding hydrogens is 353 g/mol. The highest BCUT2D eigenvalue weighted by Gasteiger charge is 2.42. The van der Waals surface area contributed by atoms with Crippen LogP contribution in [-0.4, -0.2) is 58.8 Å². The standard InChI is InChI=1S/C19H24FN3O4/c20-14-3-1-13(2-4-14)17(26)18(27)22-9-7-19(8-10-22)6-5-16(25)23(12-19)11-15(21)24/h1-4,17,26H,5-12H2,(H2,21,24)/t17-/m1/s1. The molecule has 3 rings (SSSR count). The number of hydrogen-bond acceptors (Lipinski definition) is 4. The summed E-state index contributed by atoms with van der Waals surface area (Å²) in [5, 5.41) is 10.3. The number of rotatable bonds is 4. The van der Waals surface area contributed by atoms with Crippen LogP contribution in [0.3, 0.4) is 0 Å². The molecule has 0 saturated carbocycles. The van der Waals surface area contributed by atoms with E-state index in [1.807, 2.05) is 0 Å². The Morgan fingerprint density at radius 1 is 1.19 bits per heavy atom. The lowest BCUT2D eigenvalue weighted by Crippen LogP contribution is -2.54. The third kappa shape index (κ3) is 4.27. The molecule has 2 heterocycles. The number of nitrogens with two attached hydrogens (primary N) is 1.